The highest BCUT2D eigenvalue weighted by molar-refractivity contribution is 5.77. The van der Waals surface area contributed by atoms with Crippen LogP contribution in [0.2, 0.25) is 0 Å². The lowest BCUT2D eigenvalue weighted by Gasteiger charge is -2.24. The Morgan fingerprint density at radius 2 is 2.19 bits per heavy atom. The lowest BCUT2D eigenvalue weighted by Crippen LogP contribution is -2.36. The number of hydrogen-bond acceptors (Lipinski definition) is 5. The highest BCUT2D eigenvalue weighted by Gasteiger charge is 2.21. The molecule has 0 aliphatic carbocycles. The van der Waals surface area contributed by atoms with Gasteiger partial charge >= 0.3 is 5.97 Å². The number of rotatable bonds is 4. The Morgan fingerprint density at radius 3 is 2.69 bits per heavy atom. The fourth-order valence-corrected chi connectivity index (χ4v) is 1.34. The van der Waals surface area contributed by atoms with Crippen molar-refractivity contribution in [3.8, 4) is 5.88 Å². The molecule has 0 bridgehead atoms. The van der Waals surface area contributed by atoms with Gasteiger partial charge in [-0.25, -0.2) is 14.8 Å². The van der Waals surface area contributed by atoms with Crippen molar-refractivity contribution in [1.29, 1.82) is 0 Å². The van der Waals surface area contributed by atoms with Crippen molar-refractivity contribution in [3.63, 3.8) is 0 Å². The molecule has 1 atom stereocenters. The van der Waals surface area contributed by atoms with Crippen LogP contribution in [-0.2, 0) is 4.79 Å². The summed E-state index contributed by atoms with van der Waals surface area (Å²) >= 11 is 0. The number of likely N-dealkylation sites (N-methyl/N-ethyl adjacent to an activating group) is 1. The Kier molecular flexibility index (Phi) is 3.65. The first kappa shape index (κ1) is 12.2. The van der Waals surface area contributed by atoms with Gasteiger partial charge in [-0.1, -0.05) is 0 Å². The zero-order valence-corrected chi connectivity index (χ0v) is 9.76. The van der Waals surface area contributed by atoms with Crippen LogP contribution < -0.4 is 9.64 Å². The fourth-order valence-electron chi connectivity index (χ4n) is 1.34. The Morgan fingerprint density at radius 1 is 1.56 bits per heavy atom. The van der Waals surface area contributed by atoms with E-state index in [1.807, 2.05) is 0 Å². The van der Waals surface area contributed by atoms with Crippen LogP contribution in [0.4, 0.5) is 5.82 Å². The van der Waals surface area contributed by atoms with Crippen LogP contribution in [0.1, 0.15) is 12.5 Å². The molecule has 0 fully saturated rings. The molecule has 0 aliphatic heterocycles. The molecule has 0 spiro atoms. The summed E-state index contributed by atoms with van der Waals surface area (Å²) in [5.41, 5.74) is 0.723. The predicted octanol–water partition coefficient (Wildman–Crippen LogP) is 0.703. The van der Waals surface area contributed by atoms with Crippen molar-refractivity contribution < 1.29 is 14.6 Å². The molecule has 1 heterocycles. The Labute approximate surface area is 93.9 Å². The van der Waals surface area contributed by atoms with Gasteiger partial charge in [0.1, 0.15) is 18.2 Å². The Balaban J connectivity index is 3.08. The van der Waals surface area contributed by atoms with Gasteiger partial charge in [-0.3, -0.25) is 0 Å². The number of aromatic nitrogens is 2. The molecule has 0 saturated heterocycles. The number of nitrogens with zero attached hydrogens (tertiary/aromatic N) is 3. The van der Waals surface area contributed by atoms with Crippen LogP contribution in [0.3, 0.4) is 0 Å². The molecular weight excluding hydrogens is 210 g/mol. The number of methoxy groups -OCH3 is 1. The molecular formula is C10H15N3O3. The molecule has 1 rings (SSSR count). The van der Waals surface area contributed by atoms with E-state index < -0.39 is 12.0 Å². The minimum atomic E-state index is -0.903. The van der Waals surface area contributed by atoms with Crippen LogP contribution >= 0.6 is 0 Å². The molecule has 0 aliphatic rings. The summed E-state index contributed by atoms with van der Waals surface area (Å²) in [5, 5.41) is 8.91. The molecule has 1 aromatic heterocycles. The van der Waals surface area contributed by atoms with Crippen LogP contribution in [0.15, 0.2) is 6.33 Å². The minimum Gasteiger partial charge on any atom is -0.481 e. The summed E-state index contributed by atoms with van der Waals surface area (Å²) in [6.07, 6.45) is 1.35. The molecule has 0 saturated carbocycles. The number of carboxylic acids is 1. The van der Waals surface area contributed by atoms with Gasteiger partial charge in [0, 0.05) is 7.05 Å². The Bertz CT molecular complexity index is 395. The maximum absolute atomic E-state index is 10.9. The summed E-state index contributed by atoms with van der Waals surface area (Å²) in [4.78, 5) is 20.4. The molecule has 1 N–H and O–H groups in total. The smallest absolute Gasteiger partial charge is 0.326 e. The zero-order chi connectivity index (χ0) is 12.3. The third kappa shape index (κ3) is 2.21. The van der Waals surface area contributed by atoms with Crippen molar-refractivity contribution >= 4 is 11.8 Å². The maximum atomic E-state index is 10.9. The van der Waals surface area contributed by atoms with Crippen molar-refractivity contribution in [2.45, 2.75) is 19.9 Å². The second kappa shape index (κ2) is 4.78. The first-order valence-electron chi connectivity index (χ1n) is 4.80. The van der Waals surface area contributed by atoms with E-state index in [1.165, 1.54) is 13.4 Å². The van der Waals surface area contributed by atoms with Gasteiger partial charge in [-0.15, -0.1) is 0 Å². The summed E-state index contributed by atoms with van der Waals surface area (Å²) in [7, 11) is 3.19. The van der Waals surface area contributed by atoms with E-state index in [4.69, 9.17) is 9.84 Å². The average Bonchev–Trinajstić information content (AvgIpc) is 2.27. The second-order valence-electron chi connectivity index (χ2n) is 3.46. The SMILES string of the molecule is COc1ncnc(N(C)C(C)C(=O)O)c1C. The molecule has 1 aromatic rings. The van der Waals surface area contributed by atoms with Crippen LogP contribution in [0.25, 0.3) is 0 Å². The van der Waals surface area contributed by atoms with Crippen LogP contribution in [0.5, 0.6) is 5.88 Å². The number of carbonyl (C=O) groups is 1. The highest BCUT2D eigenvalue weighted by Crippen LogP contribution is 2.23. The van der Waals surface area contributed by atoms with Gasteiger partial charge in [-0.05, 0) is 13.8 Å². The Hall–Kier alpha value is -1.85. The van der Waals surface area contributed by atoms with E-state index in [0.29, 0.717) is 11.7 Å². The first-order chi connectivity index (χ1) is 7.49. The number of aliphatic carboxylic acids is 1. The van der Waals surface area contributed by atoms with Crippen molar-refractivity contribution in [2.24, 2.45) is 0 Å². The quantitative estimate of drug-likeness (QED) is 0.813. The van der Waals surface area contributed by atoms with Gasteiger partial charge in [0.25, 0.3) is 0 Å². The lowest BCUT2D eigenvalue weighted by atomic mass is 10.2. The van der Waals surface area contributed by atoms with E-state index in [2.05, 4.69) is 9.97 Å². The fraction of sp³-hybridized carbons (Fsp3) is 0.500. The number of carboxylic acid groups (broad SMARTS) is 1. The largest absolute Gasteiger partial charge is 0.481 e. The molecule has 1 unspecified atom stereocenters. The summed E-state index contributed by atoms with van der Waals surface area (Å²) < 4.78 is 5.05. The van der Waals surface area contributed by atoms with Crippen molar-refractivity contribution in [2.75, 3.05) is 19.1 Å². The molecule has 0 amide bonds. The molecule has 88 valence electrons. The number of hydrogen-bond donors (Lipinski definition) is 1. The molecule has 0 radical (unpaired) electrons. The number of ether oxygens (including phenoxy) is 1. The summed E-state index contributed by atoms with van der Waals surface area (Å²) in [5.74, 6) is 0.107. The zero-order valence-electron chi connectivity index (χ0n) is 9.76. The molecule has 0 aromatic carbocycles. The van der Waals surface area contributed by atoms with Crippen LogP contribution in [-0.4, -0.2) is 41.2 Å². The van der Waals surface area contributed by atoms with E-state index in [-0.39, 0.29) is 0 Å². The summed E-state index contributed by atoms with van der Waals surface area (Å²) in [6.45, 7) is 3.38. The second-order valence-corrected chi connectivity index (χ2v) is 3.46. The van der Waals surface area contributed by atoms with E-state index >= 15 is 0 Å². The average molecular weight is 225 g/mol. The van der Waals surface area contributed by atoms with E-state index in [9.17, 15) is 4.79 Å². The normalized spacial score (nSPS) is 12.0. The first-order valence-corrected chi connectivity index (χ1v) is 4.80. The van der Waals surface area contributed by atoms with Crippen molar-refractivity contribution in [3.05, 3.63) is 11.9 Å². The van der Waals surface area contributed by atoms with Crippen molar-refractivity contribution in [1.82, 2.24) is 9.97 Å². The maximum Gasteiger partial charge on any atom is 0.326 e. The van der Waals surface area contributed by atoms with E-state index in [0.717, 1.165) is 5.56 Å². The third-order valence-electron chi connectivity index (χ3n) is 2.48. The van der Waals surface area contributed by atoms with Gasteiger partial charge < -0.3 is 14.7 Å². The molecule has 16 heavy (non-hydrogen) atoms. The number of anilines is 1. The molecule has 6 nitrogen and oxygen atoms in total. The minimum absolute atomic E-state index is 0.453. The van der Waals surface area contributed by atoms with Gasteiger partial charge in [0.15, 0.2) is 0 Å². The highest BCUT2D eigenvalue weighted by atomic mass is 16.5. The topological polar surface area (TPSA) is 75.6 Å². The van der Waals surface area contributed by atoms with Gasteiger partial charge in [-0.2, -0.15) is 0 Å². The van der Waals surface area contributed by atoms with Crippen LogP contribution in [0, 0.1) is 6.92 Å². The third-order valence-corrected chi connectivity index (χ3v) is 2.48. The lowest BCUT2D eigenvalue weighted by molar-refractivity contribution is -0.138. The van der Waals surface area contributed by atoms with Gasteiger partial charge in [0.05, 0.1) is 12.7 Å². The van der Waals surface area contributed by atoms with E-state index in [1.54, 1.807) is 25.8 Å². The standard InChI is InChI=1S/C10H15N3O3/c1-6-8(11-5-12-9(6)16-4)13(3)7(2)10(14)15/h5,7H,1-4H3,(H,14,15). The summed E-state index contributed by atoms with van der Waals surface area (Å²) in [6, 6.07) is -0.654. The predicted molar refractivity (Wildman–Crippen MR) is 58.8 cm³/mol. The van der Waals surface area contributed by atoms with Gasteiger partial charge in [0.2, 0.25) is 5.88 Å². The monoisotopic (exact) mass is 225 g/mol. The molecule has 6 heteroatoms.